The van der Waals surface area contributed by atoms with Gasteiger partial charge in [0.1, 0.15) is 11.3 Å². The Morgan fingerprint density at radius 3 is 2.42 bits per heavy atom. The van der Waals surface area contributed by atoms with Gasteiger partial charge in [0.15, 0.2) is 0 Å². The number of carbonyl (C=O) groups is 2. The van der Waals surface area contributed by atoms with Crippen molar-refractivity contribution < 1.29 is 19.4 Å². The fraction of sp³-hybridized carbons (Fsp3) is 0.368. The molecule has 0 saturated carbocycles. The highest BCUT2D eigenvalue weighted by Gasteiger charge is 2.34. The van der Waals surface area contributed by atoms with Gasteiger partial charge in [-0.15, -0.1) is 0 Å². The third-order valence-electron chi connectivity index (χ3n) is 4.54. The lowest BCUT2D eigenvalue weighted by Crippen LogP contribution is -2.52. The number of aliphatic carboxylic acids is 1. The summed E-state index contributed by atoms with van der Waals surface area (Å²) in [6.07, 6.45) is 0.318. The van der Waals surface area contributed by atoms with E-state index in [1.807, 2.05) is 36.4 Å². The van der Waals surface area contributed by atoms with Crippen LogP contribution in [0.2, 0.25) is 0 Å². The lowest BCUT2D eigenvalue weighted by Gasteiger charge is -2.26. The number of ether oxygens (including phenoxy) is 1. The maximum atomic E-state index is 12.5. The van der Waals surface area contributed by atoms with Crippen LogP contribution < -0.4 is 10.1 Å². The molecule has 2 atom stereocenters. The summed E-state index contributed by atoms with van der Waals surface area (Å²) in [6.45, 7) is 5.03. The Kier molecular flexibility index (Phi) is 5.12. The number of amides is 1. The first-order valence-corrected chi connectivity index (χ1v) is 7.94. The molecule has 0 heterocycles. The van der Waals surface area contributed by atoms with E-state index in [0.29, 0.717) is 6.42 Å². The van der Waals surface area contributed by atoms with Gasteiger partial charge in [0.25, 0.3) is 0 Å². The van der Waals surface area contributed by atoms with Crippen LogP contribution in [0.5, 0.6) is 5.75 Å². The summed E-state index contributed by atoms with van der Waals surface area (Å²) in [5.74, 6) is -0.992. The minimum absolute atomic E-state index is 0.297. The van der Waals surface area contributed by atoms with E-state index >= 15 is 0 Å². The lowest BCUT2D eigenvalue weighted by atomic mass is 9.94. The molecule has 0 radical (unpaired) electrons. The van der Waals surface area contributed by atoms with Crippen LogP contribution in [0, 0.1) is 0 Å². The van der Waals surface area contributed by atoms with Crippen molar-refractivity contribution in [1.29, 1.82) is 0 Å². The Labute approximate surface area is 141 Å². The molecular formula is C19H23NO4. The van der Waals surface area contributed by atoms with Gasteiger partial charge in [0, 0.05) is 0 Å². The molecule has 2 aromatic rings. The van der Waals surface area contributed by atoms with Gasteiger partial charge in [0.05, 0.1) is 13.0 Å². The van der Waals surface area contributed by atoms with Crippen molar-refractivity contribution in [3.63, 3.8) is 0 Å². The lowest BCUT2D eigenvalue weighted by molar-refractivity contribution is -0.147. The third kappa shape index (κ3) is 3.50. The molecule has 1 amide bonds. The van der Waals surface area contributed by atoms with E-state index in [2.05, 4.69) is 5.32 Å². The quantitative estimate of drug-likeness (QED) is 0.852. The zero-order chi connectivity index (χ0) is 17.9. The molecule has 2 aromatic carbocycles. The zero-order valence-corrected chi connectivity index (χ0v) is 14.4. The number of benzene rings is 2. The third-order valence-corrected chi connectivity index (χ3v) is 4.54. The SMILES string of the molecule is CCC(C)(NC(=O)C(C)c1ccc2cc(OC)ccc2c1)C(=O)O. The maximum Gasteiger partial charge on any atom is 0.329 e. The van der Waals surface area contributed by atoms with Gasteiger partial charge in [-0.05, 0) is 48.7 Å². The van der Waals surface area contributed by atoms with Gasteiger partial charge in [0.2, 0.25) is 5.91 Å². The van der Waals surface area contributed by atoms with Crippen molar-refractivity contribution in [3.8, 4) is 5.75 Å². The van der Waals surface area contributed by atoms with E-state index in [1.165, 1.54) is 6.92 Å². The van der Waals surface area contributed by atoms with Crippen molar-refractivity contribution in [1.82, 2.24) is 5.32 Å². The Morgan fingerprint density at radius 1 is 1.21 bits per heavy atom. The topological polar surface area (TPSA) is 75.6 Å². The molecule has 0 aliphatic heterocycles. The fourth-order valence-electron chi connectivity index (χ4n) is 2.46. The first-order valence-electron chi connectivity index (χ1n) is 7.94. The number of carboxylic acid groups (broad SMARTS) is 1. The van der Waals surface area contributed by atoms with Crippen LogP contribution in [0.1, 0.15) is 38.7 Å². The minimum atomic E-state index is -1.25. The highest BCUT2D eigenvalue weighted by molar-refractivity contribution is 5.91. The molecule has 0 fully saturated rings. The van der Waals surface area contributed by atoms with E-state index in [0.717, 1.165) is 22.1 Å². The summed E-state index contributed by atoms with van der Waals surface area (Å²) in [7, 11) is 1.62. The molecule has 2 rings (SSSR count). The minimum Gasteiger partial charge on any atom is -0.497 e. The molecule has 2 unspecified atom stereocenters. The molecule has 128 valence electrons. The average Bonchev–Trinajstić information content (AvgIpc) is 2.59. The van der Waals surface area contributed by atoms with Gasteiger partial charge in [-0.2, -0.15) is 0 Å². The molecule has 5 heteroatoms. The summed E-state index contributed by atoms with van der Waals surface area (Å²) in [5, 5.41) is 14.0. The first-order chi connectivity index (χ1) is 11.3. The summed E-state index contributed by atoms with van der Waals surface area (Å²) in [4.78, 5) is 23.8. The van der Waals surface area contributed by atoms with Crippen LogP contribution in [0.3, 0.4) is 0 Å². The smallest absolute Gasteiger partial charge is 0.329 e. The van der Waals surface area contributed by atoms with Crippen LogP contribution in [0.4, 0.5) is 0 Å². The first kappa shape index (κ1) is 17.8. The largest absolute Gasteiger partial charge is 0.497 e. The number of carboxylic acids is 1. The molecule has 2 N–H and O–H groups in total. The molecule has 5 nitrogen and oxygen atoms in total. The summed E-state index contributed by atoms with van der Waals surface area (Å²) >= 11 is 0. The molecule has 0 bridgehead atoms. The molecule has 0 aromatic heterocycles. The second-order valence-electron chi connectivity index (χ2n) is 6.17. The van der Waals surface area contributed by atoms with Crippen molar-refractivity contribution in [2.45, 2.75) is 38.6 Å². The number of hydrogen-bond acceptors (Lipinski definition) is 3. The zero-order valence-electron chi connectivity index (χ0n) is 14.4. The van der Waals surface area contributed by atoms with Crippen LogP contribution in [-0.4, -0.2) is 29.6 Å². The highest BCUT2D eigenvalue weighted by Crippen LogP contribution is 2.26. The summed E-state index contributed by atoms with van der Waals surface area (Å²) < 4.78 is 5.21. The summed E-state index contributed by atoms with van der Waals surface area (Å²) in [6, 6.07) is 11.5. The molecule has 0 aliphatic rings. The number of rotatable bonds is 6. The Morgan fingerprint density at radius 2 is 1.83 bits per heavy atom. The fourth-order valence-corrected chi connectivity index (χ4v) is 2.46. The average molecular weight is 329 g/mol. The Hall–Kier alpha value is -2.56. The Balaban J connectivity index is 2.25. The molecule has 0 aliphatic carbocycles. The van der Waals surface area contributed by atoms with Crippen molar-refractivity contribution in [2.75, 3.05) is 7.11 Å². The second kappa shape index (κ2) is 6.91. The summed E-state index contributed by atoms with van der Waals surface area (Å²) in [5.41, 5.74) is -0.413. The van der Waals surface area contributed by atoms with Crippen LogP contribution in [0.25, 0.3) is 10.8 Å². The van der Waals surface area contributed by atoms with Crippen LogP contribution in [-0.2, 0) is 9.59 Å². The van der Waals surface area contributed by atoms with Gasteiger partial charge < -0.3 is 15.2 Å². The van der Waals surface area contributed by atoms with Gasteiger partial charge in [-0.25, -0.2) is 4.79 Å². The highest BCUT2D eigenvalue weighted by atomic mass is 16.5. The van der Waals surface area contributed by atoms with Crippen molar-refractivity contribution in [3.05, 3.63) is 42.0 Å². The van der Waals surface area contributed by atoms with Crippen molar-refractivity contribution in [2.24, 2.45) is 0 Å². The number of hydrogen-bond donors (Lipinski definition) is 2. The predicted octanol–water partition coefficient (Wildman–Crippen LogP) is 3.32. The van der Waals surface area contributed by atoms with E-state index in [-0.39, 0.29) is 5.91 Å². The van der Waals surface area contributed by atoms with Gasteiger partial charge in [-0.3, -0.25) is 4.79 Å². The Bertz CT molecular complexity index is 771. The maximum absolute atomic E-state index is 12.5. The van der Waals surface area contributed by atoms with E-state index in [4.69, 9.17) is 4.74 Å². The number of fused-ring (bicyclic) bond motifs is 1. The van der Waals surface area contributed by atoms with E-state index in [1.54, 1.807) is 21.0 Å². The van der Waals surface area contributed by atoms with E-state index in [9.17, 15) is 14.7 Å². The molecule has 24 heavy (non-hydrogen) atoms. The molecule has 0 saturated heterocycles. The predicted molar refractivity (Wildman–Crippen MR) is 93.4 cm³/mol. The number of methoxy groups -OCH3 is 1. The van der Waals surface area contributed by atoms with Crippen molar-refractivity contribution >= 4 is 22.6 Å². The van der Waals surface area contributed by atoms with E-state index < -0.39 is 17.4 Å². The molecule has 0 spiro atoms. The standard InChI is InChI=1S/C19H23NO4/c1-5-19(3,18(22)23)20-17(21)12(2)13-6-7-15-11-16(24-4)9-8-14(15)10-13/h6-12H,5H2,1-4H3,(H,20,21)(H,22,23). The molecular weight excluding hydrogens is 306 g/mol. The van der Waals surface area contributed by atoms with Crippen LogP contribution >= 0.6 is 0 Å². The number of carbonyl (C=O) groups excluding carboxylic acids is 1. The van der Waals surface area contributed by atoms with Gasteiger partial charge in [-0.1, -0.05) is 31.2 Å². The monoisotopic (exact) mass is 329 g/mol. The van der Waals surface area contributed by atoms with Gasteiger partial charge >= 0.3 is 5.97 Å². The van der Waals surface area contributed by atoms with Crippen LogP contribution in [0.15, 0.2) is 36.4 Å². The second-order valence-corrected chi connectivity index (χ2v) is 6.17. The number of nitrogens with one attached hydrogen (secondary N) is 1. The normalized spacial score (nSPS) is 14.7.